The van der Waals surface area contributed by atoms with Crippen LogP contribution in [0.1, 0.15) is 18.2 Å². The second-order valence-corrected chi connectivity index (χ2v) is 4.77. The minimum atomic E-state index is -0.344. The molecule has 0 aliphatic carbocycles. The molecule has 2 aromatic rings. The molecule has 2 heterocycles. The maximum atomic E-state index is 12.2. The highest BCUT2D eigenvalue weighted by Crippen LogP contribution is 2.37. The molecule has 1 aromatic carbocycles. The molecular weight excluding hydrogens is 268 g/mol. The van der Waals surface area contributed by atoms with E-state index >= 15 is 0 Å². The average molecular weight is 284 g/mol. The summed E-state index contributed by atoms with van der Waals surface area (Å²) in [5.74, 6) is -0.178. The van der Waals surface area contributed by atoms with Gasteiger partial charge in [-0.05, 0) is 30.7 Å². The van der Waals surface area contributed by atoms with Gasteiger partial charge in [0.1, 0.15) is 5.75 Å². The number of ether oxygens (including phenoxy) is 1. The number of hydrogen-bond donors (Lipinski definition) is 3. The van der Waals surface area contributed by atoms with Crippen molar-refractivity contribution in [3.63, 3.8) is 0 Å². The Balaban J connectivity index is 2.09. The molecule has 5 heteroatoms. The maximum absolute atomic E-state index is 12.2. The van der Waals surface area contributed by atoms with Gasteiger partial charge >= 0.3 is 5.97 Å². The molecule has 1 aliphatic heterocycles. The highest BCUT2D eigenvalue weighted by Gasteiger charge is 2.26. The summed E-state index contributed by atoms with van der Waals surface area (Å²) < 4.78 is 5.14. The monoisotopic (exact) mass is 284 g/mol. The highest BCUT2D eigenvalue weighted by atomic mass is 16.5. The Labute approximate surface area is 122 Å². The van der Waals surface area contributed by atoms with Crippen LogP contribution in [0.15, 0.2) is 42.1 Å². The molecule has 21 heavy (non-hydrogen) atoms. The maximum Gasteiger partial charge on any atom is 0.336 e. The number of phenols is 1. The first-order valence-electron chi connectivity index (χ1n) is 6.82. The summed E-state index contributed by atoms with van der Waals surface area (Å²) in [5.41, 5.74) is 3.49. The number of H-pyrrole nitrogens is 1. The fraction of sp³-hybridized carbons (Fsp3) is 0.188. The van der Waals surface area contributed by atoms with Crippen molar-refractivity contribution in [2.24, 2.45) is 0 Å². The number of anilines is 1. The zero-order chi connectivity index (χ0) is 14.8. The highest BCUT2D eigenvalue weighted by molar-refractivity contribution is 6.02. The summed E-state index contributed by atoms with van der Waals surface area (Å²) in [6, 6.07) is 8.98. The van der Waals surface area contributed by atoms with Crippen molar-refractivity contribution in [2.45, 2.75) is 13.3 Å². The first-order valence-corrected chi connectivity index (χ1v) is 6.82. The van der Waals surface area contributed by atoms with Crippen LogP contribution in [0.4, 0.5) is 5.69 Å². The number of aromatic nitrogens is 1. The number of carbonyl (C=O) groups excluding carboxylic acids is 1. The van der Waals surface area contributed by atoms with E-state index in [0.717, 1.165) is 11.3 Å². The second kappa shape index (κ2) is 5.36. The minimum Gasteiger partial charge on any atom is -0.506 e. The van der Waals surface area contributed by atoms with Crippen molar-refractivity contribution in [3.8, 4) is 5.75 Å². The molecule has 1 aromatic heterocycles. The Bertz CT molecular complexity index is 702. The Hall–Kier alpha value is -2.69. The number of hydrogen-bond acceptors (Lipinski definition) is 4. The Morgan fingerprint density at radius 2 is 2.19 bits per heavy atom. The molecular formula is C16H16N2O3. The van der Waals surface area contributed by atoms with E-state index in [1.54, 1.807) is 25.3 Å². The fourth-order valence-electron chi connectivity index (χ4n) is 2.47. The van der Waals surface area contributed by atoms with Gasteiger partial charge in [0.15, 0.2) is 0 Å². The van der Waals surface area contributed by atoms with Crippen molar-refractivity contribution in [1.82, 2.24) is 4.98 Å². The second-order valence-electron chi connectivity index (χ2n) is 4.77. The number of carbonyl (C=O) groups is 1. The van der Waals surface area contributed by atoms with Crippen molar-refractivity contribution in [1.29, 1.82) is 0 Å². The van der Waals surface area contributed by atoms with E-state index in [1.807, 2.05) is 18.2 Å². The first-order chi connectivity index (χ1) is 10.2. The number of fused-ring (bicyclic) bond motifs is 1. The number of nitrogens with one attached hydrogen (secondary N) is 2. The van der Waals surface area contributed by atoms with E-state index in [-0.39, 0.29) is 11.7 Å². The van der Waals surface area contributed by atoms with Gasteiger partial charge in [-0.3, -0.25) is 0 Å². The van der Waals surface area contributed by atoms with E-state index in [0.29, 0.717) is 30.0 Å². The summed E-state index contributed by atoms with van der Waals surface area (Å²) >= 11 is 0. The van der Waals surface area contributed by atoms with Crippen LogP contribution in [-0.2, 0) is 16.0 Å². The van der Waals surface area contributed by atoms with Crippen LogP contribution in [0.2, 0.25) is 0 Å². The third-order valence-electron chi connectivity index (χ3n) is 3.44. The Morgan fingerprint density at radius 3 is 2.90 bits per heavy atom. The first kappa shape index (κ1) is 13.3. The number of aromatic amines is 1. The Morgan fingerprint density at radius 1 is 1.33 bits per heavy atom. The molecule has 0 atom stereocenters. The van der Waals surface area contributed by atoms with Gasteiger partial charge in [-0.25, -0.2) is 4.79 Å². The predicted octanol–water partition coefficient (Wildman–Crippen LogP) is 2.66. The van der Waals surface area contributed by atoms with E-state index < -0.39 is 0 Å². The van der Waals surface area contributed by atoms with Crippen LogP contribution < -0.4 is 5.32 Å². The summed E-state index contributed by atoms with van der Waals surface area (Å²) in [6.45, 7) is 2.11. The summed E-state index contributed by atoms with van der Waals surface area (Å²) in [7, 11) is 0. The van der Waals surface area contributed by atoms with Gasteiger partial charge < -0.3 is 20.1 Å². The molecule has 0 saturated carbocycles. The van der Waals surface area contributed by atoms with Gasteiger partial charge in [-0.15, -0.1) is 0 Å². The SMILES string of the molecule is CCOC(=O)C1=C(c2ccc[nH]2)Nc2c(O)cccc2C1. The van der Waals surface area contributed by atoms with Crippen molar-refractivity contribution < 1.29 is 14.6 Å². The smallest absolute Gasteiger partial charge is 0.336 e. The van der Waals surface area contributed by atoms with Crippen LogP contribution in [0.25, 0.3) is 5.70 Å². The molecule has 0 bridgehead atoms. The van der Waals surface area contributed by atoms with E-state index in [9.17, 15) is 9.90 Å². The lowest BCUT2D eigenvalue weighted by Crippen LogP contribution is -2.20. The number of para-hydroxylation sites is 1. The van der Waals surface area contributed by atoms with E-state index in [4.69, 9.17) is 4.74 Å². The minimum absolute atomic E-state index is 0.166. The molecule has 0 unspecified atom stereocenters. The zero-order valence-electron chi connectivity index (χ0n) is 11.6. The number of benzene rings is 1. The third kappa shape index (κ3) is 2.38. The lowest BCUT2D eigenvalue weighted by Gasteiger charge is -2.24. The topological polar surface area (TPSA) is 74.4 Å². The van der Waals surface area contributed by atoms with Crippen molar-refractivity contribution >= 4 is 17.4 Å². The van der Waals surface area contributed by atoms with Crippen LogP contribution in [0, 0.1) is 0 Å². The zero-order valence-corrected chi connectivity index (χ0v) is 11.6. The van der Waals surface area contributed by atoms with Crippen LogP contribution in [0.5, 0.6) is 5.75 Å². The molecule has 0 amide bonds. The molecule has 0 spiro atoms. The lowest BCUT2D eigenvalue weighted by molar-refractivity contribution is -0.138. The van der Waals surface area contributed by atoms with E-state index in [2.05, 4.69) is 10.3 Å². The number of esters is 1. The van der Waals surface area contributed by atoms with Gasteiger partial charge in [-0.2, -0.15) is 0 Å². The lowest BCUT2D eigenvalue weighted by atomic mass is 9.95. The third-order valence-corrected chi connectivity index (χ3v) is 3.44. The molecule has 3 rings (SSSR count). The standard InChI is InChI=1S/C16H16N2O3/c1-2-21-16(20)11-9-10-5-3-7-13(19)14(10)18-15(11)12-6-4-8-17-12/h3-8,17-19H,2,9H2,1H3. The molecule has 0 saturated heterocycles. The average Bonchev–Trinajstić information content (AvgIpc) is 3.01. The molecule has 108 valence electrons. The van der Waals surface area contributed by atoms with Crippen molar-refractivity contribution in [3.05, 3.63) is 53.4 Å². The largest absolute Gasteiger partial charge is 0.506 e. The molecule has 0 radical (unpaired) electrons. The molecule has 3 N–H and O–H groups in total. The Kier molecular flexibility index (Phi) is 3.39. The molecule has 0 fully saturated rings. The normalized spacial score (nSPS) is 13.6. The van der Waals surface area contributed by atoms with Gasteiger partial charge in [0, 0.05) is 12.6 Å². The van der Waals surface area contributed by atoms with Gasteiger partial charge in [0.05, 0.1) is 29.3 Å². The molecule has 5 nitrogen and oxygen atoms in total. The number of aromatic hydroxyl groups is 1. The van der Waals surface area contributed by atoms with Gasteiger partial charge in [0.2, 0.25) is 0 Å². The number of rotatable bonds is 3. The van der Waals surface area contributed by atoms with E-state index in [1.165, 1.54) is 0 Å². The van der Waals surface area contributed by atoms with Crippen LogP contribution in [-0.4, -0.2) is 22.7 Å². The van der Waals surface area contributed by atoms with Crippen molar-refractivity contribution in [2.75, 3.05) is 11.9 Å². The van der Waals surface area contributed by atoms with Gasteiger partial charge in [-0.1, -0.05) is 12.1 Å². The van der Waals surface area contributed by atoms with Crippen LogP contribution >= 0.6 is 0 Å². The molecule has 1 aliphatic rings. The summed E-state index contributed by atoms with van der Waals surface area (Å²) in [6.07, 6.45) is 2.21. The van der Waals surface area contributed by atoms with Crippen LogP contribution in [0.3, 0.4) is 0 Å². The predicted molar refractivity (Wildman–Crippen MR) is 79.8 cm³/mol. The van der Waals surface area contributed by atoms with Gasteiger partial charge in [0.25, 0.3) is 0 Å². The summed E-state index contributed by atoms with van der Waals surface area (Å²) in [5, 5.41) is 13.1. The summed E-state index contributed by atoms with van der Waals surface area (Å²) in [4.78, 5) is 15.3. The number of phenolic OH excluding ortho intramolecular Hbond substituents is 1. The quantitative estimate of drug-likeness (QED) is 0.598. The fourth-order valence-corrected chi connectivity index (χ4v) is 2.47.